The van der Waals surface area contributed by atoms with Crippen molar-refractivity contribution in [1.82, 2.24) is 0 Å². The molecule has 1 heterocycles. The Morgan fingerprint density at radius 1 is 0.870 bits per heavy atom. The summed E-state index contributed by atoms with van der Waals surface area (Å²) in [5.74, 6) is 3.37. The summed E-state index contributed by atoms with van der Waals surface area (Å²) in [7, 11) is 0. The van der Waals surface area contributed by atoms with E-state index in [9.17, 15) is 0 Å². The molecule has 0 aromatic rings. The van der Waals surface area contributed by atoms with Crippen LogP contribution in [0.5, 0.6) is 0 Å². The van der Waals surface area contributed by atoms with Crippen LogP contribution >= 0.6 is 0 Å². The number of ether oxygens (including phenoxy) is 2. The van der Waals surface area contributed by atoms with Crippen molar-refractivity contribution in [3.05, 3.63) is 12.2 Å². The topological polar surface area (TPSA) is 18.5 Å². The van der Waals surface area contributed by atoms with Crippen LogP contribution in [0.4, 0.5) is 0 Å². The summed E-state index contributed by atoms with van der Waals surface area (Å²) < 4.78 is 12.5. The summed E-state index contributed by atoms with van der Waals surface area (Å²) in [5.41, 5.74) is 0.824. The van der Waals surface area contributed by atoms with Crippen LogP contribution in [0.2, 0.25) is 0 Å². The van der Waals surface area contributed by atoms with Gasteiger partial charge in [0.2, 0.25) is 0 Å². The fraction of sp³-hybridized carbons (Fsp3) is 0.905. The van der Waals surface area contributed by atoms with E-state index in [4.69, 9.17) is 9.47 Å². The number of hydrogen-bond acceptors (Lipinski definition) is 2. The van der Waals surface area contributed by atoms with Crippen LogP contribution in [-0.2, 0) is 9.47 Å². The number of fused-ring (bicyclic) bond motifs is 6. The van der Waals surface area contributed by atoms with Gasteiger partial charge in [-0.05, 0) is 74.0 Å². The molecule has 23 heavy (non-hydrogen) atoms. The smallest absolute Gasteiger partial charge is 0.174 e. The summed E-state index contributed by atoms with van der Waals surface area (Å²) >= 11 is 0. The predicted molar refractivity (Wildman–Crippen MR) is 90.9 cm³/mol. The van der Waals surface area contributed by atoms with Crippen LogP contribution in [0.3, 0.4) is 0 Å². The Kier molecular flexibility index (Phi) is 3.15. The Labute approximate surface area is 141 Å². The van der Waals surface area contributed by atoms with Crippen LogP contribution in [0.1, 0.15) is 65.2 Å². The highest BCUT2D eigenvalue weighted by atomic mass is 16.7. The second kappa shape index (κ2) is 4.85. The van der Waals surface area contributed by atoms with Crippen molar-refractivity contribution < 1.29 is 9.47 Å². The standard InChI is InChI=1S/C21H32O2/c1-19-10-4-3-5-15(19)6-7-16-17(19)8-11-20(2)18(16)9-12-21(20)22-13-14-23-21/h3-4,15-18H,5-14H2,1-2H3/t15-,16?,17?,18?,19+,20+/m1/s1. The molecule has 0 amide bonds. The molecule has 1 aliphatic heterocycles. The van der Waals surface area contributed by atoms with Crippen molar-refractivity contribution in [2.45, 2.75) is 71.0 Å². The summed E-state index contributed by atoms with van der Waals surface area (Å²) in [6.45, 7) is 6.73. The van der Waals surface area contributed by atoms with Crippen molar-refractivity contribution in [3.63, 3.8) is 0 Å². The fourth-order valence-electron chi connectivity index (χ4n) is 7.72. The van der Waals surface area contributed by atoms with Crippen molar-refractivity contribution in [2.24, 2.45) is 34.5 Å². The third kappa shape index (κ3) is 1.78. The molecule has 3 unspecified atom stereocenters. The minimum absolute atomic E-state index is 0.229. The first-order chi connectivity index (χ1) is 11.1. The highest BCUT2D eigenvalue weighted by Gasteiger charge is 2.66. The Morgan fingerprint density at radius 3 is 2.48 bits per heavy atom. The molecule has 2 nitrogen and oxygen atoms in total. The molecule has 0 aromatic carbocycles. The molecular formula is C21H32O2. The van der Waals surface area contributed by atoms with E-state index < -0.39 is 0 Å². The highest BCUT2D eigenvalue weighted by Crippen LogP contribution is 2.69. The molecule has 0 N–H and O–H groups in total. The first kappa shape index (κ1) is 15.0. The summed E-state index contributed by atoms with van der Waals surface area (Å²) in [4.78, 5) is 0. The summed E-state index contributed by atoms with van der Waals surface area (Å²) in [6.07, 6.45) is 15.6. The maximum absolute atomic E-state index is 6.25. The largest absolute Gasteiger partial charge is 0.347 e. The zero-order valence-electron chi connectivity index (χ0n) is 14.9. The first-order valence-corrected chi connectivity index (χ1v) is 10.0. The quantitative estimate of drug-likeness (QED) is 0.589. The van der Waals surface area contributed by atoms with E-state index in [0.29, 0.717) is 5.41 Å². The van der Waals surface area contributed by atoms with Gasteiger partial charge in [-0.1, -0.05) is 26.0 Å². The van der Waals surface area contributed by atoms with Crippen LogP contribution in [0.25, 0.3) is 0 Å². The monoisotopic (exact) mass is 316 g/mol. The molecule has 6 atom stereocenters. The van der Waals surface area contributed by atoms with E-state index in [0.717, 1.165) is 43.3 Å². The molecule has 1 saturated heterocycles. The Balaban J connectivity index is 1.48. The number of rotatable bonds is 0. The molecule has 2 heteroatoms. The van der Waals surface area contributed by atoms with Gasteiger partial charge in [-0.2, -0.15) is 0 Å². The minimum Gasteiger partial charge on any atom is -0.347 e. The van der Waals surface area contributed by atoms with Crippen molar-refractivity contribution >= 4 is 0 Å². The van der Waals surface area contributed by atoms with Gasteiger partial charge >= 0.3 is 0 Å². The van der Waals surface area contributed by atoms with E-state index in [-0.39, 0.29) is 11.2 Å². The summed E-state index contributed by atoms with van der Waals surface area (Å²) in [5, 5.41) is 0. The lowest BCUT2D eigenvalue weighted by molar-refractivity contribution is -0.246. The van der Waals surface area contributed by atoms with E-state index in [1.54, 1.807) is 0 Å². The van der Waals surface area contributed by atoms with Crippen molar-refractivity contribution in [2.75, 3.05) is 13.2 Å². The number of allylic oxidation sites excluding steroid dienone is 2. The molecule has 128 valence electrons. The SMILES string of the molecule is C[C@]12CCC3C(CC[C@H]4CC=CC[C@]34C)C1CCC21OCCO1. The third-order valence-electron chi connectivity index (χ3n) is 9.01. The lowest BCUT2D eigenvalue weighted by Gasteiger charge is -2.60. The molecule has 1 spiro atoms. The molecule has 4 aliphatic carbocycles. The van der Waals surface area contributed by atoms with Gasteiger partial charge in [-0.3, -0.25) is 0 Å². The van der Waals surface area contributed by atoms with Gasteiger partial charge in [0.05, 0.1) is 13.2 Å². The van der Waals surface area contributed by atoms with Gasteiger partial charge in [0.15, 0.2) is 5.79 Å². The minimum atomic E-state index is -0.229. The average molecular weight is 316 g/mol. The zero-order chi connectivity index (χ0) is 15.7. The Morgan fingerprint density at radius 2 is 1.65 bits per heavy atom. The second-order valence-corrected chi connectivity index (χ2v) is 9.51. The van der Waals surface area contributed by atoms with Gasteiger partial charge in [0.25, 0.3) is 0 Å². The van der Waals surface area contributed by atoms with E-state index in [1.807, 2.05) is 0 Å². The van der Waals surface area contributed by atoms with Crippen LogP contribution < -0.4 is 0 Å². The van der Waals surface area contributed by atoms with E-state index >= 15 is 0 Å². The first-order valence-electron chi connectivity index (χ1n) is 10.0. The normalized spacial score (nSPS) is 53.8. The summed E-state index contributed by atoms with van der Waals surface area (Å²) in [6, 6.07) is 0. The van der Waals surface area contributed by atoms with Gasteiger partial charge < -0.3 is 9.47 Å². The highest BCUT2D eigenvalue weighted by molar-refractivity contribution is 5.14. The Hall–Kier alpha value is -0.340. The van der Waals surface area contributed by atoms with Crippen LogP contribution in [0, 0.1) is 34.5 Å². The van der Waals surface area contributed by atoms with Gasteiger partial charge in [0, 0.05) is 11.8 Å². The van der Waals surface area contributed by atoms with Gasteiger partial charge in [0.1, 0.15) is 0 Å². The maximum atomic E-state index is 6.25. The fourth-order valence-corrected chi connectivity index (χ4v) is 7.72. The van der Waals surface area contributed by atoms with Crippen LogP contribution in [0.15, 0.2) is 12.2 Å². The average Bonchev–Trinajstić information content (AvgIpc) is 3.14. The van der Waals surface area contributed by atoms with Crippen LogP contribution in [-0.4, -0.2) is 19.0 Å². The molecule has 4 fully saturated rings. The maximum Gasteiger partial charge on any atom is 0.174 e. The van der Waals surface area contributed by atoms with Gasteiger partial charge in [-0.15, -0.1) is 0 Å². The molecule has 0 bridgehead atoms. The Bertz CT molecular complexity index is 520. The third-order valence-corrected chi connectivity index (χ3v) is 9.01. The number of hydrogen-bond donors (Lipinski definition) is 0. The lowest BCUT2D eigenvalue weighted by Crippen LogP contribution is -2.56. The van der Waals surface area contributed by atoms with E-state index in [2.05, 4.69) is 26.0 Å². The zero-order valence-corrected chi connectivity index (χ0v) is 14.9. The molecule has 3 saturated carbocycles. The lowest BCUT2D eigenvalue weighted by atomic mass is 9.45. The molecule has 0 radical (unpaired) electrons. The second-order valence-electron chi connectivity index (χ2n) is 9.51. The van der Waals surface area contributed by atoms with Crippen molar-refractivity contribution in [3.8, 4) is 0 Å². The predicted octanol–water partition coefficient (Wildman–Crippen LogP) is 4.94. The van der Waals surface area contributed by atoms with Gasteiger partial charge in [-0.25, -0.2) is 0 Å². The molecule has 5 rings (SSSR count). The van der Waals surface area contributed by atoms with E-state index in [1.165, 1.54) is 44.9 Å². The molecule has 5 aliphatic rings. The molecule has 0 aromatic heterocycles. The van der Waals surface area contributed by atoms with Crippen molar-refractivity contribution in [1.29, 1.82) is 0 Å². The molecular weight excluding hydrogens is 284 g/mol.